The molecule has 0 atom stereocenters. The van der Waals surface area contributed by atoms with Crippen molar-refractivity contribution in [3.05, 3.63) is 46.1 Å². The van der Waals surface area contributed by atoms with Crippen LogP contribution in [0.1, 0.15) is 29.6 Å². The van der Waals surface area contributed by atoms with Gasteiger partial charge in [0.1, 0.15) is 6.20 Å². The molecular weight excluding hydrogens is 378 g/mol. The Hall–Kier alpha value is -3.76. The molecule has 1 fully saturated rings. The summed E-state index contributed by atoms with van der Waals surface area (Å²) in [4.78, 5) is 43.8. The zero-order valence-electron chi connectivity index (χ0n) is 15.6. The number of likely N-dealkylation sites (tertiary alicyclic amines) is 1. The van der Waals surface area contributed by atoms with Crippen LogP contribution < -0.4 is 16.4 Å². The molecule has 0 spiro atoms. The van der Waals surface area contributed by atoms with Crippen molar-refractivity contribution >= 4 is 35.0 Å². The number of aromatic nitrogens is 2. The predicted octanol–water partition coefficient (Wildman–Crippen LogP) is 1.65. The molecule has 11 nitrogen and oxygen atoms in total. The number of carbonyl (C=O) groups excluding carboxylic acids is 2. The van der Waals surface area contributed by atoms with Crippen LogP contribution in [0.25, 0.3) is 0 Å². The van der Waals surface area contributed by atoms with E-state index in [1.54, 1.807) is 18.2 Å². The third kappa shape index (κ3) is 4.94. The quantitative estimate of drug-likeness (QED) is 0.326. The normalized spacial score (nSPS) is 13.4. The highest BCUT2D eigenvalue weighted by Gasteiger charge is 2.20. The molecule has 2 amide bonds. The number of rotatable bonds is 9. The van der Waals surface area contributed by atoms with Gasteiger partial charge in [-0.15, -0.1) is 0 Å². The van der Waals surface area contributed by atoms with E-state index in [0.717, 1.165) is 19.2 Å². The van der Waals surface area contributed by atoms with Crippen LogP contribution in [0, 0.1) is 10.1 Å². The molecule has 1 aliphatic rings. The smallest absolute Gasteiger partial charge is 0.329 e. The first-order chi connectivity index (χ1) is 14.0. The molecule has 1 aromatic heterocycles. The predicted molar refractivity (Wildman–Crippen MR) is 106 cm³/mol. The van der Waals surface area contributed by atoms with Gasteiger partial charge in [-0.1, -0.05) is 12.1 Å². The standard InChI is InChI=1S/C18H21N7O4/c19-16(27)12-5-1-2-6-13(12)22-17-14(25(28)29)11-21-18(23-17)20-8-4-10-24-9-3-7-15(24)26/h1-2,5-6,11H,3-4,7-10H2,(H2,19,27)(H2,20,21,22,23). The van der Waals surface area contributed by atoms with Crippen molar-refractivity contribution in [3.8, 4) is 0 Å². The van der Waals surface area contributed by atoms with E-state index in [1.165, 1.54) is 6.07 Å². The third-order valence-electron chi connectivity index (χ3n) is 4.47. The Balaban J connectivity index is 1.70. The van der Waals surface area contributed by atoms with Crippen molar-refractivity contribution in [2.75, 3.05) is 30.3 Å². The fourth-order valence-electron chi connectivity index (χ4n) is 3.03. The van der Waals surface area contributed by atoms with Crippen LogP contribution in [-0.4, -0.2) is 51.2 Å². The Bertz CT molecular complexity index is 934. The van der Waals surface area contributed by atoms with Gasteiger partial charge in [0.2, 0.25) is 17.7 Å². The summed E-state index contributed by atoms with van der Waals surface area (Å²) in [5.74, 6) is -0.367. The molecule has 1 aromatic carbocycles. The van der Waals surface area contributed by atoms with E-state index in [2.05, 4.69) is 20.6 Å². The number of hydrogen-bond donors (Lipinski definition) is 3. The Kier molecular flexibility index (Phi) is 6.17. The summed E-state index contributed by atoms with van der Waals surface area (Å²) in [6.45, 7) is 1.91. The minimum Gasteiger partial charge on any atom is -0.366 e. The van der Waals surface area contributed by atoms with E-state index in [4.69, 9.17) is 5.73 Å². The van der Waals surface area contributed by atoms with Crippen LogP contribution in [0.3, 0.4) is 0 Å². The Morgan fingerprint density at radius 1 is 1.34 bits per heavy atom. The summed E-state index contributed by atoms with van der Waals surface area (Å²) in [5, 5.41) is 17.1. The number of para-hydroxylation sites is 1. The molecule has 0 bridgehead atoms. The van der Waals surface area contributed by atoms with Gasteiger partial charge in [-0.05, 0) is 25.0 Å². The Labute approximate surface area is 166 Å². The molecule has 0 saturated carbocycles. The highest BCUT2D eigenvalue weighted by atomic mass is 16.6. The van der Waals surface area contributed by atoms with E-state index in [9.17, 15) is 19.7 Å². The largest absolute Gasteiger partial charge is 0.366 e. The van der Waals surface area contributed by atoms with E-state index in [-0.39, 0.29) is 28.9 Å². The number of benzene rings is 1. The first-order valence-electron chi connectivity index (χ1n) is 9.14. The average molecular weight is 399 g/mol. The number of anilines is 3. The molecule has 2 heterocycles. The second kappa shape index (κ2) is 8.95. The monoisotopic (exact) mass is 399 g/mol. The number of hydrogen-bond acceptors (Lipinski definition) is 8. The maximum atomic E-state index is 11.6. The second-order valence-corrected chi connectivity index (χ2v) is 6.48. The number of primary amides is 1. The number of nitrogens with zero attached hydrogens (tertiary/aromatic N) is 4. The first-order valence-corrected chi connectivity index (χ1v) is 9.14. The first kappa shape index (κ1) is 20.0. The van der Waals surface area contributed by atoms with E-state index >= 15 is 0 Å². The van der Waals surface area contributed by atoms with Gasteiger partial charge in [0, 0.05) is 26.1 Å². The fraction of sp³-hybridized carbons (Fsp3) is 0.333. The van der Waals surface area contributed by atoms with Crippen molar-refractivity contribution in [2.24, 2.45) is 5.73 Å². The van der Waals surface area contributed by atoms with Gasteiger partial charge in [-0.3, -0.25) is 19.7 Å². The van der Waals surface area contributed by atoms with Gasteiger partial charge < -0.3 is 21.3 Å². The lowest BCUT2D eigenvalue weighted by atomic mass is 10.1. The van der Waals surface area contributed by atoms with Crippen molar-refractivity contribution < 1.29 is 14.5 Å². The van der Waals surface area contributed by atoms with Crippen LogP contribution in [-0.2, 0) is 4.79 Å². The minimum absolute atomic E-state index is 0.0593. The fourth-order valence-corrected chi connectivity index (χ4v) is 3.03. The maximum Gasteiger partial charge on any atom is 0.329 e. The number of nitrogens with two attached hydrogens (primary N) is 1. The SMILES string of the molecule is NC(=O)c1ccccc1Nc1nc(NCCCN2CCCC2=O)ncc1[N+](=O)[O-]. The van der Waals surface area contributed by atoms with Crippen molar-refractivity contribution in [3.63, 3.8) is 0 Å². The van der Waals surface area contributed by atoms with Gasteiger partial charge in [-0.25, -0.2) is 4.98 Å². The zero-order valence-corrected chi connectivity index (χ0v) is 15.6. The molecule has 0 aliphatic carbocycles. The summed E-state index contributed by atoms with van der Waals surface area (Å²) in [5.41, 5.74) is 5.51. The summed E-state index contributed by atoms with van der Waals surface area (Å²) >= 11 is 0. The van der Waals surface area contributed by atoms with Gasteiger partial charge in [0.05, 0.1) is 16.2 Å². The minimum atomic E-state index is -0.667. The molecular formula is C18H21N7O4. The van der Waals surface area contributed by atoms with Crippen LogP contribution in [0.5, 0.6) is 0 Å². The molecule has 1 aliphatic heterocycles. The zero-order chi connectivity index (χ0) is 20.8. The Morgan fingerprint density at radius 2 is 2.14 bits per heavy atom. The maximum absolute atomic E-state index is 11.6. The molecule has 1 saturated heterocycles. The van der Waals surface area contributed by atoms with Crippen molar-refractivity contribution in [2.45, 2.75) is 19.3 Å². The van der Waals surface area contributed by atoms with Crippen molar-refractivity contribution in [1.82, 2.24) is 14.9 Å². The number of nitro groups is 1. The third-order valence-corrected chi connectivity index (χ3v) is 4.47. The average Bonchev–Trinajstić information content (AvgIpc) is 3.10. The topological polar surface area (TPSA) is 156 Å². The highest BCUT2D eigenvalue weighted by molar-refractivity contribution is 5.99. The number of nitrogens with one attached hydrogen (secondary N) is 2. The lowest BCUT2D eigenvalue weighted by molar-refractivity contribution is -0.384. The molecule has 11 heteroatoms. The van der Waals surface area contributed by atoms with E-state index in [0.29, 0.717) is 31.6 Å². The van der Waals surface area contributed by atoms with Gasteiger partial charge in [0.15, 0.2) is 0 Å². The molecule has 4 N–H and O–H groups in total. The second-order valence-electron chi connectivity index (χ2n) is 6.48. The van der Waals surface area contributed by atoms with Crippen LogP contribution in [0.15, 0.2) is 30.5 Å². The molecule has 2 aromatic rings. The lowest BCUT2D eigenvalue weighted by Gasteiger charge is -2.15. The van der Waals surface area contributed by atoms with Gasteiger partial charge >= 0.3 is 5.69 Å². The molecule has 3 rings (SSSR count). The molecule has 0 radical (unpaired) electrons. The van der Waals surface area contributed by atoms with Crippen LogP contribution in [0.4, 0.5) is 23.1 Å². The van der Waals surface area contributed by atoms with E-state index in [1.807, 2.05) is 4.90 Å². The summed E-state index contributed by atoms with van der Waals surface area (Å²) in [7, 11) is 0. The number of carbonyl (C=O) groups is 2. The summed E-state index contributed by atoms with van der Waals surface area (Å²) in [6, 6.07) is 6.39. The highest BCUT2D eigenvalue weighted by Crippen LogP contribution is 2.27. The van der Waals surface area contributed by atoms with Gasteiger partial charge in [-0.2, -0.15) is 4.98 Å². The lowest BCUT2D eigenvalue weighted by Crippen LogP contribution is -2.27. The molecule has 29 heavy (non-hydrogen) atoms. The van der Waals surface area contributed by atoms with E-state index < -0.39 is 10.8 Å². The van der Waals surface area contributed by atoms with Crippen LogP contribution >= 0.6 is 0 Å². The molecule has 0 unspecified atom stereocenters. The van der Waals surface area contributed by atoms with Gasteiger partial charge in [0.25, 0.3) is 5.91 Å². The summed E-state index contributed by atoms with van der Waals surface area (Å²) in [6.07, 6.45) is 3.27. The number of amides is 2. The van der Waals surface area contributed by atoms with Crippen molar-refractivity contribution in [1.29, 1.82) is 0 Å². The molecule has 152 valence electrons. The summed E-state index contributed by atoms with van der Waals surface area (Å²) < 4.78 is 0. The van der Waals surface area contributed by atoms with Crippen LogP contribution in [0.2, 0.25) is 0 Å². The Morgan fingerprint density at radius 3 is 2.83 bits per heavy atom.